The van der Waals surface area contributed by atoms with E-state index in [0.29, 0.717) is 0 Å². The monoisotopic (exact) mass is 935 g/mol. The van der Waals surface area contributed by atoms with Gasteiger partial charge in [0.15, 0.2) is 0 Å². The van der Waals surface area contributed by atoms with Crippen LogP contribution in [-0.4, -0.2) is 9.13 Å². The van der Waals surface area contributed by atoms with E-state index in [4.69, 9.17) is 0 Å². The van der Waals surface area contributed by atoms with Crippen LogP contribution in [0.1, 0.15) is 29.2 Å². The summed E-state index contributed by atoms with van der Waals surface area (Å²) in [5.41, 5.74) is 18.8. The number of benzene rings is 10. The Morgan fingerprint density at radius 3 is 1.79 bits per heavy atom. The van der Waals surface area contributed by atoms with Gasteiger partial charge >= 0.3 is 0 Å². The quantitative estimate of drug-likeness (QED) is 0.145. The summed E-state index contributed by atoms with van der Waals surface area (Å²) in [6.07, 6.45) is 9.38. The molecular formula is C68H45N3S. The fourth-order valence-electron chi connectivity index (χ4n) is 12.6. The second-order valence-corrected chi connectivity index (χ2v) is 20.2. The third kappa shape index (κ3) is 5.73. The Kier molecular flexibility index (Phi) is 8.96. The van der Waals surface area contributed by atoms with Crippen molar-refractivity contribution in [1.29, 1.82) is 0 Å². The number of para-hydroxylation sites is 3. The number of allylic oxidation sites excluding steroid dienone is 4. The molecule has 0 unspecified atom stereocenters. The minimum absolute atomic E-state index is 0.491. The van der Waals surface area contributed by atoms with Gasteiger partial charge in [-0.25, -0.2) is 0 Å². The van der Waals surface area contributed by atoms with Crippen LogP contribution in [0.15, 0.2) is 260 Å². The molecule has 3 aromatic heterocycles. The smallest absolute Gasteiger partial charge is 0.0720 e. The van der Waals surface area contributed by atoms with Gasteiger partial charge in [0, 0.05) is 70.2 Å². The van der Waals surface area contributed by atoms with E-state index < -0.39 is 5.41 Å². The number of nitrogens with zero attached hydrogens (tertiary/aromatic N) is 3. The molecule has 0 bridgehead atoms. The summed E-state index contributed by atoms with van der Waals surface area (Å²) in [5, 5.41) is 7.64. The van der Waals surface area contributed by atoms with E-state index in [2.05, 4.69) is 276 Å². The first-order valence-electron chi connectivity index (χ1n) is 24.9. The van der Waals surface area contributed by atoms with Gasteiger partial charge in [-0.2, -0.15) is 0 Å². The molecule has 72 heavy (non-hydrogen) atoms. The molecule has 0 amide bonds. The SMILES string of the molecule is C/C=C\C(=C/C1=Cc2ccccc2C12c1ccccc1-c1ccccc12)N(c1ccc(-n2c3ccccc3c3c4sc5ccccc5c4ccc32)cc1)c1ccc2c(c1)c1ccccc1n2-c1ccccc1. The first-order valence-corrected chi connectivity index (χ1v) is 25.7. The van der Waals surface area contributed by atoms with Crippen LogP contribution in [0.5, 0.6) is 0 Å². The number of fused-ring (bicyclic) bond motifs is 17. The van der Waals surface area contributed by atoms with E-state index in [0.717, 1.165) is 28.4 Å². The second kappa shape index (κ2) is 15.8. The van der Waals surface area contributed by atoms with E-state index >= 15 is 0 Å². The molecule has 1 spiro atoms. The van der Waals surface area contributed by atoms with Crippen LogP contribution in [0.3, 0.4) is 0 Å². The number of aromatic nitrogens is 2. The van der Waals surface area contributed by atoms with Crippen LogP contribution in [-0.2, 0) is 5.41 Å². The van der Waals surface area contributed by atoms with E-state index in [1.165, 1.54) is 103 Å². The topological polar surface area (TPSA) is 13.1 Å². The average Bonchev–Trinajstić information content (AvgIpc) is 4.23. The highest BCUT2D eigenvalue weighted by molar-refractivity contribution is 7.26. The Balaban J connectivity index is 0.960. The minimum Gasteiger partial charge on any atom is -0.310 e. The fourth-order valence-corrected chi connectivity index (χ4v) is 13.8. The number of hydrogen-bond donors (Lipinski definition) is 0. The van der Waals surface area contributed by atoms with Crippen LogP contribution in [0, 0.1) is 0 Å². The highest BCUT2D eigenvalue weighted by Crippen LogP contribution is 2.60. The maximum Gasteiger partial charge on any atom is 0.0720 e. The lowest BCUT2D eigenvalue weighted by atomic mass is 9.69. The van der Waals surface area contributed by atoms with Crippen LogP contribution in [0.25, 0.3) is 92.4 Å². The number of hydrogen-bond acceptors (Lipinski definition) is 2. The summed E-state index contributed by atoms with van der Waals surface area (Å²) in [7, 11) is 0. The number of rotatable bonds is 7. The van der Waals surface area contributed by atoms with Crippen molar-refractivity contribution in [2.24, 2.45) is 0 Å². The molecule has 0 atom stereocenters. The maximum absolute atomic E-state index is 2.47. The molecule has 13 aromatic rings. The first-order chi connectivity index (χ1) is 35.7. The van der Waals surface area contributed by atoms with Gasteiger partial charge in [-0.3, -0.25) is 0 Å². The van der Waals surface area contributed by atoms with Gasteiger partial charge in [0.05, 0.1) is 27.5 Å². The molecule has 0 saturated heterocycles. The molecule has 0 saturated carbocycles. The summed E-state index contributed by atoms with van der Waals surface area (Å²) in [5.74, 6) is 0. The molecule has 3 heterocycles. The molecule has 4 heteroatoms. The molecule has 0 N–H and O–H groups in total. The molecule has 15 rings (SSSR count). The Hall–Kier alpha value is -8.96. The van der Waals surface area contributed by atoms with Crippen molar-refractivity contribution in [3.8, 4) is 22.5 Å². The Bertz CT molecular complexity index is 4420. The predicted molar refractivity (Wildman–Crippen MR) is 306 cm³/mol. The van der Waals surface area contributed by atoms with Crippen LogP contribution < -0.4 is 4.90 Å². The van der Waals surface area contributed by atoms with Crippen LogP contribution in [0.2, 0.25) is 0 Å². The maximum atomic E-state index is 2.47. The molecule has 338 valence electrons. The van der Waals surface area contributed by atoms with Gasteiger partial charge in [0.25, 0.3) is 0 Å². The molecule has 3 nitrogen and oxygen atoms in total. The van der Waals surface area contributed by atoms with E-state index in [-0.39, 0.29) is 0 Å². The average molecular weight is 936 g/mol. The largest absolute Gasteiger partial charge is 0.310 e. The molecular weight excluding hydrogens is 891 g/mol. The highest BCUT2D eigenvalue weighted by atomic mass is 32.1. The van der Waals surface area contributed by atoms with Crippen molar-refractivity contribution in [2.45, 2.75) is 12.3 Å². The standard InChI is InChI=1S/C68H45N3S/c1-2-18-49(42-45-41-44-19-6-12-27-58(44)68(45)59-28-13-7-22-51(59)52-23-8-14-29-60(52)68)69(50-37-39-63-57(43-50)53-24-9-15-30-61(53)70(63)46-20-4-3-5-21-46)47-33-35-48(36-34-47)71-62-31-16-10-26-56(62)66-64(71)40-38-55-54-25-11-17-32-65(54)72-67(55)66/h2-43H,1H3/b18-2-,49-42+. The molecule has 0 radical (unpaired) electrons. The molecule has 0 aliphatic heterocycles. The summed E-state index contributed by atoms with van der Waals surface area (Å²) in [6.45, 7) is 2.13. The van der Waals surface area contributed by atoms with E-state index in [1.807, 2.05) is 11.3 Å². The lowest BCUT2D eigenvalue weighted by molar-refractivity contribution is 0.785. The zero-order valence-electron chi connectivity index (χ0n) is 39.5. The van der Waals surface area contributed by atoms with Crippen molar-refractivity contribution in [3.63, 3.8) is 0 Å². The zero-order chi connectivity index (χ0) is 47.5. The van der Waals surface area contributed by atoms with Gasteiger partial charge in [0.1, 0.15) is 0 Å². The van der Waals surface area contributed by atoms with Crippen molar-refractivity contribution < 1.29 is 0 Å². The van der Waals surface area contributed by atoms with Gasteiger partial charge in [0.2, 0.25) is 0 Å². The normalized spacial score (nSPS) is 13.8. The third-order valence-electron chi connectivity index (χ3n) is 15.4. The molecule has 2 aliphatic rings. The third-order valence-corrected chi connectivity index (χ3v) is 16.6. The predicted octanol–water partition coefficient (Wildman–Crippen LogP) is 18.3. The van der Waals surface area contributed by atoms with Crippen LogP contribution >= 0.6 is 11.3 Å². The summed E-state index contributed by atoms with van der Waals surface area (Å²) < 4.78 is 7.51. The van der Waals surface area contributed by atoms with Gasteiger partial charge < -0.3 is 14.0 Å². The second-order valence-electron chi connectivity index (χ2n) is 19.1. The van der Waals surface area contributed by atoms with Crippen molar-refractivity contribution in [2.75, 3.05) is 4.90 Å². The van der Waals surface area contributed by atoms with Gasteiger partial charge in [-0.05, 0) is 143 Å². The summed E-state index contributed by atoms with van der Waals surface area (Å²) in [4.78, 5) is 2.47. The van der Waals surface area contributed by atoms with E-state index in [1.54, 1.807) is 0 Å². The lowest BCUT2D eigenvalue weighted by Gasteiger charge is -2.33. The summed E-state index contributed by atoms with van der Waals surface area (Å²) in [6, 6.07) is 85.3. The first kappa shape index (κ1) is 40.9. The number of anilines is 2. The van der Waals surface area contributed by atoms with Crippen LogP contribution in [0.4, 0.5) is 11.4 Å². The minimum atomic E-state index is -0.491. The Morgan fingerprint density at radius 1 is 0.458 bits per heavy atom. The lowest BCUT2D eigenvalue weighted by Crippen LogP contribution is -2.27. The van der Waals surface area contributed by atoms with Gasteiger partial charge in [-0.15, -0.1) is 11.3 Å². The zero-order valence-corrected chi connectivity index (χ0v) is 40.3. The van der Waals surface area contributed by atoms with Gasteiger partial charge in [-0.1, -0.05) is 158 Å². The summed E-state index contributed by atoms with van der Waals surface area (Å²) >= 11 is 1.90. The van der Waals surface area contributed by atoms with Crippen molar-refractivity contribution >= 4 is 92.6 Å². The van der Waals surface area contributed by atoms with Crippen molar-refractivity contribution in [3.05, 3.63) is 282 Å². The van der Waals surface area contributed by atoms with Crippen molar-refractivity contribution in [1.82, 2.24) is 9.13 Å². The highest BCUT2D eigenvalue weighted by Gasteiger charge is 2.50. The van der Waals surface area contributed by atoms with E-state index in [9.17, 15) is 0 Å². The number of thiophene rings is 1. The molecule has 10 aromatic carbocycles. The molecule has 2 aliphatic carbocycles. The Labute approximate surface area is 421 Å². The Morgan fingerprint density at radius 2 is 1.03 bits per heavy atom. The molecule has 0 fully saturated rings. The fraction of sp³-hybridized carbons (Fsp3) is 0.0294.